The average Bonchev–Trinajstić information content (AvgIpc) is 2.52. The van der Waals surface area contributed by atoms with Crippen molar-refractivity contribution in [2.75, 3.05) is 0 Å². The van der Waals surface area contributed by atoms with Gasteiger partial charge in [-0.2, -0.15) is 0 Å². The molecule has 2 aliphatic carbocycles. The van der Waals surface area contributed by atoms with Crippen molar-refractivity contribution in [2.24, 2.45) is 0 Å². The molecule has 6 heteroatoms. The van der Waals surface area contributed by atoms with Gasteiger partial charge < -0.3 is 10.2 Å². The van der Waals surface area contributed by atoms with Gasteiger partial charge in [-0.05, 0) is 25.7 Å². The highest BCUT2D eigenvalue weighted by atomic mass is 16.4. The summed E-state index contributed by atoms with van der Waals surface area (Å²) in [5, 5.41) is 20.4. The van der Waals surface area contributed by atoms with E-state index in [1.54, 1.807) is 0 Å². The van der Waals surface area contributed by atoms with Crippen molar-refractivity contribution in [3.8, 4) is 0 Å². The number of carbonyl (C=O) groups is 2. The van der Waals surface area contributed by atoms with Crippen molar-refractivity contribution in [2.45, 2.75) is 88.8 Å². The van der Waals surface area contributed by atoms with Crippen molar-refractivity contribution in [1.82, 2.24) is 10.4 Å². The van der Waals surface area contributed by atoms with Gasteiger partial charge in [-0.1, -0.05) is 38.5 Å². The highest BCUT2D eigenvalue weighted by molar-refractivity contribution is 5.80. The number of carboxylic acid groups (broad SMARTS) is 2. The van der Waals surface area contributed by atoms with Crippen LogP contribution in [0.4, 0.5) is 0 Å². The van der Waals surface area contributed by atoms with Gasteiger partial charge in [0.2, 0.25) is 0 Å². The minimum atomic E-state index is -1.08. The summed E-state index contributed by atoms with van der Waals surface area (Å²) in [6.45, 7) is 0. The smallest absolute Gasteiger partial charge is 0.322 e. The van der Waals surface area contributed by atoms with Crippen molar-refractivity contribution in [1.29, 1.82) is 0 Å². The highest BCUT2D eigenvalue weighted by Crippen LogP contribution is 2.29. The van der Waals surface area contributed by atoms with Gasteiger partial charge in [0.15, 0.2) is 0 Å². The molecule has 1 atom stereocenters. The highest BCUT2D eigenvalue weighted by Gasteiger charge is 2.33. The van der Waals surface area contributed by atoms with Crippen LogP contribution in [-0.2, 0) is 9.59 Å². The maximum absolute atomic E-state index is 11.4. The predicted octanol–water partition coefficient (Wildman–Crippen LogP) is 2.39. The van der Waals surface area contributed by atoms with Crippen molar-refractivity contribution in [3.63, 3.8) is 0 Å². The number of aliphatic carboxylic acids is 2. The van der Waals surface area contributed by atoms with Crippen LogP contribution in [0.5, 0.6) is 0 Å². The van der Waals surface area contributed by atoms with Crippen molar-refractivity contribution >= 4 is 11.9 Å². The van der Waals surface area contributed by atoms with Gasteiger partial charge in [0.1, 0.15) is 6.04 Å². The van der Waals surface area contributed by atoms with Crippen LogP contribution in [0.3, 0.4) is 0 Å². The fourth-order valence-corrected chi connectivity index (χ4v) is 3.77. The molecule has 2 fully saturated rings. The summed E-state index contributed by atoms with van der Waals surface area (Å²) in [5.41, 5.74) is 3.08. The lowest BCUT2D eigenvalue weighted by atomic mass is 9.90. The lowest BCUT2D eigenvalue weighted by molar-refractivity contribution is -0.148. The number of nitrogens with zero attached hydrogens (tertiary/aromatic N) is 1. The third-order valence-corrected chi connectivity index (χ3v) is 4.92. The molecule has 126 valence electrons. The van der Waals surface area contributed by atoms with Gasteiger partial charge >= 0.3 is 11.9 Å². The number of hydrogen-bond acceptors (Lipinski definition) is 4. The van der Waals surface area contributed by atoms with Crippen LogP contribution >= 0.6 is 0 Å². The molecular weight excluding hydrogens is 284 g/mol. The Bertz CT molecular complexity index is 358. The monoisotopic (exact) mass is 312 g/mol. The van der Waals surface area contributed by atoms with E-state index in [1.165, 1.54) is 38.5 Å². The first-order valence-electron chi connectivity index (χ1n) is 8.57. The van der Waals surface area contributed by atoms with E-state index in [2.05, 4.69) is 10.4 Å². The number of rotatable bonds is 7. The number of carboxylic acids is 2. The van der Waals surface area contributed by atoms with E-state index in [-0.39, 0.29) is 6.42 Å². The van der Waals surface area contributed by atoms with Crippen LogP contribution < -0.4 is 5.43 Å². The van der Waals surface area contributed by atoms with E-state index < -0.39 is 18.0 Å². The Balaban J connectivity index is 2.07. The summed E-state index contributed by atoms with van der Waals surface area (Å²) in [4.78, 5) is 22.3. The third kappa shape index (κ3) is 4.95. The van der Waals surface area contributed by atoms with Crippen molar-refractivity contribution < 1.29 is 19.8 Å². The molecule has 6 nitrogen and oxygen atoms in total. The second-order valence-corrected chi connectivity index (χ2v) is 6.61. The summed E-state index contributed by atoms with van der Waals surface area (Å²) in [6, 6.07) is -0.360. The minimum Gasteiger partial charge on any atom is -0.481 e. The van der Waals surface area contributed by atoms with E-state index in [4.69, 9.17) is 5.11 Å². The first-order valence-corrected chi connectivity index (χ1v) is 8.57. The summed E-state index contributed by atoms with van der Waals surface area (Å²) in [6.07, 6.45) is 11.1. The molecule has 0 aromatic carbocycles. The Morgan fingerprint density at radius 1 is 0.909 bits per heavy atom. The molecular formula is C16H28N2O4. The van der Waals surface area contributed by atoms with E-state index in [9.17, 15) is 14.7 Å². The van der Waals surface area contributed by atoms with Crippen LogP contribution in [0.1, 0.15) is 70.6 Å². The third-order valence-electron chi connectivity index (χ3n) is 4.92. The Morgan fingerprint density at radius 2 is 1.36 bits per heavy atom. The molecule has 0 saturated heterocycles. The van der Waals surface area contributed by atoms with E-state index in [0.29, 0.717) is 12.1 Å². The lowest BCUT2D eigenvalue weighted by Gasteiger charge is -2.42. The quantitative estimate of drug-likeness (QED) is 0.625. The zero-order chi connectivity index (χ0) is 15.9. The normalized spacial score (nSPS) is 22.6. The summed E-state index contributed by atoms with van der Waals surface area (Å²) in [5.74, 6) is -2.16. The fourth-order valence-electron chi connectivity index (χ4n) is 3.77. The molecule has 0 aromatic rings. The Labute approximate surface area is 131 Å². The molecule has 0 aromatic heterocycles. The average molecular weight is 312 g/mol. The van der Waals surface area contributed by atoms with Gasteiger partial charge in [0, 0.05) is 12.1 Å². The topological polar surface area (TPSA) is 89.9 Å². The lowest BCUT2D eigenvalue weighted by Crippen LogP contribution is -2.58. The molecule has 0 bridgehead atoms. The number of nitrogens with one attached hydrogen (secondary N) is 1. The Morgan fingerprint density at radius 3 is 1.73 bits per heavy atom. The van der Waals surface area contributed by atoms with Crippen molar-refractivity contribution in [3.05, 3.63) is 0 Å². The SMILES string of the molecule is O=C(O)C[C@H](NN(C1CCCCC1)C1CCCCC1)C(=O)O. The first kappa shape index (κ1) is 17.2. The van der Waals surface area contributed by atoms with Gasteiger partial charge in [-0.15, -0.1) is 0 Å². The molecule has 0 heterocycles. The molecule has 2 aliphatic rings. The zero-order valence-electron chi connectivity index (χ0n) is 13.2. The largest absolute Gasteiger partial charge is 0.481 e. The Kier molecular flexibility index (Phi) is 6.64. The summed E-state index contributed by atoms with van der Waals surface area (Å²) >= 11 is 0. The van der Waals surface area contributed by atoms with Gasteiger partial charge in [-0.25, -0.2) is 10.4 Å². The molecule has 0 spiro atoms. The molecule has 22 heavy (non-hydrogen) atoms. The van der Waals surface area contributed by atoms with E-state index in [0.717, 1.165) is 25.7 Å². The Hall–Kier alpha value is -1.14. The van der Waals surface area contributed by atoms with E-state index in [1.807, 2.05) is 0 Å². The fraction of sp³-hybridized carbons (Fsp3) is 0.875. The van der Waals surface area contributed by atoms with Crippen LogP contribution in [0.2, 0.25) is 0 Å². The van der Waals surface area contributed by atoms with Crippen LogP contribution in [0.25, 0.3) is 0 Å². The molecule has 2 rings (SSSR count). The van der Waals surface area contributed by atoms with Gasteiger partial charge in [-0.3, -0.25) is 9.59 Å². The van der Waals surface area contributed by atoms with Crippen LogP contribution in [0.15, 0.2) is 0 Å². The summed E-state index contributed by atoms with van der Waals surface area (Å²) in [7, 11) is 0. The zero-order valence-corrected chi connectivity index (χ0v) is 13.2. The second kappa shape index (κ2) is 8.48. The number of hydrazine groups is 1. The van der Waals surface area contributed by atoms with E-state index >= 15 is 0 Å². The summed E-state index contributed by atoms with van der Waals surface area (Å²) < 4.78 is 0. The minimum absolute atomic E-state index is 0.340. The van der Waals surface area contributed by atoms with Gasteiger partial charge in [0.25, 0.3) is 0 Å². The number of hydrogen-bond donors (Lipinski definition) is 3. The molecule has 2 saturated carbocycles. The van der Waals surface area contributed by atoms with Crippen LogP contribution in [0, 0.1) is 0 Å². The maximum Gasteiger partial charge on any atom is 0.322 e. The second-order valence-electron chi connectivity index (χ2n) is 6.61. The molecule has 3 N–H and O–H groups in total. The molecule has 0 aliphatic heterocycles. The molecule has 0 unspecified atom stereocenters. The molecule has 0 radical (unpaired) electrons. The van der Waals surface area contributed by atoms with Gasteiger partial charge in [0.05, 0.1) is 6.42 Å². The predicted molar refractivity (Wildman–Crippen MR) is 82.4 cm³/mol. The standard InChI is InChI=1S/C16H28N2O4/c19-15(20)11-14(16(21)22)17-18(12-7-3-1-4-8-12)13-9-5-2-6-10-13/h12-14,17H,1-11H2,(H,19,20)(H,21,22)/t14-/m0/s1. The molecule has 0 amide bonds. The first-order chi connectivity index (χ1) is 10.6. The van der Waals surface area contributed by atoms with Crippen LogP contribution in [-0.4, -0.2) is 45.3 Å². The maximum atomic E-state index is 11.4.